The summed E-state index contributed by atoms with van der Waals surface area (Å²) < 4.78 is 13.5. The number of hydrogen-bond acceptors (Lipinski definition) is 3. The van der Waals surface area contributed by atoms with E-state index in [-0.39, 0.29) is 17.9 Å². The van der Waals surface area contributed by atoms with Crippen molar-refractivity contribution in [2.24, 2.45) is 0 Å². The van der Waals surface area contributed by atoms with Gasteiger partial charge in [0.15, 0.2) is 5.78 Å². The van der Waals surface area contributed by atoms with E-state index in [9.17, 15) is 9.18 Å². The first-order valence-electron chi connectivity index (χ1n) is 6.02. The minimum absolute atomic E-state index is 0.139. The quantitative estimate of drug-likeness (QED) is 0.773. The van der Waals surface area contributed by atoms with E-state index in [4.69, 9.17) is 0 Å². The molecule has 2 aromatic rings. The predicted octanol–water partition coefficient (Wildman–Crippen LogP) is 2.54. The number of halogens is 1. The lowest BCUT2D eigenvalue weighted by atomic mass is 10.1. The van der Waals surface area contributed by atoms with E-state index in [1.54, 1.807) is 24.5 Å². The van der Waals surface area contributed by atoms with E-state index >= 15 is 0 Å². The van der Waals surface area contributed by atoms with Gasteiger partial charge in [0.1, 0.15) is 5.82 Å². The van der Waals surface area contributed by atoms with Crippen molar-refractivity contribution >= 4 is 5.78 Å². The molecule has 0 aliphatic rings. The molecule has 0 saturated carbocycles. The van der Waals surface area contributed by atoms with Crippen molar-refractivity contribution in [2.45, 2.75) is 6.54 Å². The zero-order valence-corrected chi connectivity index (χ0v) is 10.7. The van der Waals surface area contributed by atoms with Crippen molar-refractivity contribution in [3.05, 3.63) is 65.7 Å². The molecule has 0 saturated heterocycles. The number of rotatable bonds is 5. The fraction of sp³-hybridized carbons (Fsp3) is 0.200. The maximum atomic E-state index is 13.5. The van der Waals surface area contributed by atoms with E-state index in [1.165, 1.54) is 12.1 Å². The van der Waals surface area contributed by atoms with Gasteiger partial charge in [-0.15, -0.1) is 0 Å². The Morgan fingerprint density at radius 3 is 2.74 bits per heavy atom. The second-order valence-corrected chi connectivity index (χ2v) is 4.44. The Kier molecular flexibility index (Phi) is 4.36. The highest BCUT2D eigenvalue weighted by atomic mass is 19.1. The van der Waals surface area contributed by atoms with Crippen LogP contribution in [0.25, 0.3) is 0 Å². The number of carbonyl (C=O) groups is 1. The standard InChI is InChI=1S/C15H15FN2O/c1-18(10-12-5-4-8-17-9-12)11-15(19)13-6-2-3-7-14(13)16/h2-9H,10-11H2,1H3. The molecule has 0 fully saturated rings. The molecule has 0 amide bonds. The summed E-state index contributed by atoms with van der Waals surface area (Å²) in [5, 5.41) is 0. The molecule has 0 N–H and O–H groups in total. The van der Waals surface area contributed by atoms with Crippen LogP contribution in [0, 0.1) is 5.82 Å². The smallest absolute Gasteiger partial charge is 0.179 e. The number of nitrogens with zero attached hydrogens (tertiary/aromatic N) is 2. The minimum atomic E-state index is -0.470. The summed E-state index contributed by atoms with van der Waals surface area (Å²) in [6, 6.07) is 9.84. The molecule has 98 valence electrons. The SMILES string of the molecule is CN(CC(=O)c1ccccc1F)Cc1cccnc1. The molecule has 19 heavy (non-hydrogen) atoms. The molecule has 4 heteroatoms. The Labute approximate surface area is 111 Å². The Balaban J connectivity index is 1.98. The summed E-state index contributed by atoms with van der Waals surface area (Å²) in [6.45, 7) is 0.782. The summed E-state index contributed by atoms with van der Waals surface area (Å²) in [5.41, 5.74) is 1.16. The van der Waals surface area contributed by atoms with E-state index in [0.717, 1.165) is 5.56 Å². The molecule has 2 rings (SSSR count). The van der Waals surface area contributed by atoms with E-state index in [0.29, 0.717) is 6.54 Å². The molecule has 1 heterocycles. The van der Waals surface area contributed by atoms with Crippen LogP contribution < -0.4 is 0 Å². The second-order valence-electron chi connectivity index (χ2n) is 4.44. The van der Waals surface area contributed by atoms with Crippen molar-refractivity contribution in [1.29, 1.82) is 0 Å². The fourth-order valence-electron chi connectivity index (χ4n) is 1.88. The largest absolute Gasteiger partial charge is 0.295 e. The van der Waals surface area contributed by atoms with E-state index < -0.39 is 5.82 Å². The first-order chi connectivity index (χ1) is 9.16. The van der Waals surface area contributed by atoms with Gasteiger partial charge in [-0.1, -0.05) is 18.2 Å². The number of likely N-dealkylation sites (N-methyl/N-ethyl adjacent to an activating group) is 1. The maximum absolute atomic E-state index is 13.5. The third-order valence-electron chi connectivity index (χ3n) is 2.76. The summed E-state index contributed by atoms with van der Waals surface area (Å²) in [7, 11) is 1.83. The van der Waals surface area contributed by atoms with E-state index in [1.807, 2.05) is 24.1 Å². The van der Waals surface area contributed by atoms with Crippen molar-refractivity contribution in [3.8, 4) is 0 Å². The average Bonchev–Trinajstić information content (AvgIpc) is 2.40. The van der Waals surface area contributed by atoms with Gasteiger partial charge in [-0.2, -0.15) is 0 Å². The number of carbonyl (C=O) groups excluding carboxylic acids is 1. The lowest BCUT2D eigenvalue weighted by molar-refractivity contribution is 0.0939. The number of benzene rings is 1. The van der Waals surface area contributed by atoms with Gasteiger partial charge in [-0.3, -0.25) is 14.7 Å². The van der Waals surface area contributed by atoms with Crippen LogP contribution in [0.1, 0.15) is 15.9 Å². The van der Waals surface area contributed by atoms with Crippen LogP contribution in [0.4, 0.5) is 4.39 Å². The average molecular weight is 258 g/mol. The van der Waals surface area contributed by atoms with Crippen LogP contribution in [0.3, 0.4) is 0 Å². The molecule has 0 spiro atoms. The third kappa shape index (κ3) is 3.69. The summed E-state index contributed by atoms with van der Waals surface area (Å²) in [5.74, 6) is -0.688. The van der Waals surface area contributed by atoms with E-state index in [2.05, 4.69) is 4.98 Å². The van der Waals surface area contributed by atoms with Crippen LogP contribution in [-0.2, 0) is 6.54 Å². The van der Waals surface area contributed by atoms with Gasteiger partial charge in [-0.05, 0) is 30.8 Å². The Bertz CT molecular complexity index is 557. The maximum Gasteiger partial charge on any atom is 0.179 e. The van der Waals surface area contributed by atoms with Gasteiger partial charge in [-0.25, -0.2) is 4.39 Å². The van der Waals surface area contributed by atoms with Gasteiger partial charge in [0.2, 0.25) is 0 Å². The second kappa shape index (κ2) is 6.20. The lowest BCUT2D eigenvalue weighted by Gasteiger charge is -2.15. The van der Waals surface area contributed by atoms with Crippen LogP contribution in [0.2, 0.25) is 0 Å². The molecule has 0 aliphatic carbocycles. The molecule has 0 aliphatic heterocycles. The van der Waals surface area contributed by atoms with Crippen molar-refractivity contribution in [3.63, 3.8) is 0 Å². The molecular formula is C15H15FN2O. The summed E-state index contributed by atoms with van der Waals surface area (Å²) >= 11 is 0. The summed E-state index contributed by atoms with van der Waals surface area (Å²) in [6.07, 6.45) is 3.46. The zero-order valence-electron chi connectivity index (χ0n) is 10.7. The van der Waals surface area contributed by atoms with Crippen LogP contribution >= 0.6 is 0 Å². The Morgan fingerprint density at radius 1 is 1.26 bits per heavy atom. The van der Waals surface area contributed by atoms with Crippen LogP contribution in [-0.4, -0.2) is 29.3 Å². The van der Waals surface area contributed by atoms with Gasteiger partial charge >= 0.3 is 0 Å². The first kappa shape index (κ1) is 13.4. The molecule has 3 nitrogen and oxygen atoms in total. The number of Topliss-reactive ketones (excluding diaryl/α,β-unsaturated/α-hetero) is 1. The number of ketones is 1. The predicted molar refractivity (Wildman–Crippen MR) is 71.3 cm³/mol. The van der Waals surface area contributed by atoms with Gasteiger partial charge in [0.05, 0.1) is 12.1 Å². The molecule has 1 aromatic heterocycles. The van der Waals surface area contributed by atoms with Crippen LogP contribution in [0.5, 0.6) is 0 Å². The minimum Gasteiger partial charge on any atom is -0.295 e. The first-order valence-corrected chi connectivity index (χ1v) is 6.02. The lowest BCUT2D eigenvalue weighted by Crippen LogP contribution is -2.26. The fourth-order valence-corrected chi connectivity index (χ4v) is 1.88. The highest BCUT2D eigenvalue weighted by Crippen LogP contribution is 2.09. The van der Waals surface area contributed by atoms with Gasteiger partial charge in [0.25, 0.3) is 0 Å². The molecule has 0 bridgehead atoms. The van der Waals surface area contributed by atoms with Crippen molar-refractivity contribution < 1.29 is 9.18 Å². The highest BCUT2D eigenvalue weighted by molar-refractivity contribution is 5.97. The van der Waals surface area contributed by atoms with Gasteiger partial charge in [0, 0.05) is 18.9 Å². The topological polar surface area (TPSA) is 33.2 Å². The van der Waals surface area contributed by atoms with Crippen molar-refractivity contribution in [1.82, 2.24) is 9.88 Å². The number of aromatic nitrogens is 1. The van der Waals surface area contributed by atoms with Crippen molar-refractivity contribution in [2.75, 3.05) is 13.6 Å². The molecule has 0 unspecified atom stereocenters. The Morgan fingerprint density at radius 2 is 2.05 bits per heavy atom. The molecule has 0 atom stereocenters. The highest BCUT2D eigenvalue weighted by Gasteiger charge is 2.13. The number of pyridine rings is 1. The van der Waals surface area contributed by atoms with Crippen LogP contribution in [0.15, 0.2) is 48.8 Å². The number of hydrogen-bond donors (Lipinski definition) is 0. The molecule has 0 radical (unpaired) electrons. The Hall–Kier alpha value is -2.07. The third-order valence-corrected chi connectivity index (χ3v) is 2.76. The monoisotopic (exact) mass is 258 g/mol. The summed E-state index contributed by atoms with van der Waals surface area (Å²) in [4.78, 5) is 17.8. The molecular weight excluding hydrogens is 243 g/mol. The van der Waals surface area contributed by atoms with Gasteiger partial charge < -0.3 is 0 Å². The zero-order chi connectivity index (χ0) is 13.7. The normalized spacial score (nSPS) is 10.7. The molecule has 1 aromatic carbocycles.